The summed E-state index contributed by atoms with van der Waals surface area (Å²) in [4.78, 5) is 12.1. The second kappa shape index (κ2) is 13.9. The van der Waals surface area contributed by atoms with Crippen LogP contribution in [-0.2, 0) is 6.42 Å². The molecule has 1 aromatic heterocycles. The fourth-order valence-electron chi connectivity index (χ4n) is 3.71. The van der Waals surface area contributed by atoms with Crippen molar-refractivity contribution in [1.82, 2.24) is 4.73 Å². The Labute approximate surface area is 160 Å². The predicted molar refractivity (Wildman–Crippen MR) is 111 cm³/mol. The first-order valence-corrected chi connectivity index (χ1v) is 11.0. The van der Waals surface area contributed by atoms with E-state index >= 15 is 0 Å². The van der Waals surface area contributed by atoms with Crippen LogP contribution in [0.5, 0.6) is 0 Å². The average molecular weight is 364 g/mol. The molecule has 26 heavy (non-hydrogen) atoms. The van der Waals surface area contributed by atoms with Gasteiger partial charge in [-0.1, -0.05) is 90.4 Å². The second-order valence-electron chi connectivity index (χ2n) is 7.87. The fourth-order valence-corrected chi connectivity index (χ4v) is 3.71. The zero-order valence-electron chi connectivity index (χ0n) is 17.5. The Kier molecular flexibility index (Phi) is 12.2. The van der Waals surface area contributed by atoms with Crippen LogP contribution < -0.4 is 5.43 Å². The van der Waals surface area contributed by atoms with Crippen LogP contribution in [0.25, 0.3) is 0 Å². The number of hydrogen-bond donors (Lipinski definition) is 1. The van der Waals surface area contributed by atoms with Crippen molar-refractivity contribution in [3.8, 4) is 0 Å². The van der Waals surface area contributed by atoms with Gasteiger partial charge in [0.05, 0.1) is 11.4 Å². The highest BCUT2D eigenvalue weighted by Gasteiger charge is 2.09. The van der Waals surface area contributed by atoms with Crippen molar-refractivity contribution in [2.75, 3.05) is 0 Å². The van der Waals surface area contributed by atoms with Crippen molar-refractivity contribution < 1.29 is 5.21 Å². The first-order chi connectivity index (χ1) is 12.6. The summed E-state index contributed by atoms with van der Waals surface area (Å²) in [7, 11) is 0. The number of hydrogen-bond acceptors (Lipinski definition) is 2. The van der Waals surface area contributed by atoms with Gasteiger partial charge in [-0.05, 0) is 26.7 Å². The smallest absolute Gasteiger partial charge is 0.185 e. The molecule has 0 aliphatic carbocycles. The van der Waals surface area contributed by atoms with E-state index in [-0.39, 0.29) is 5.43 Å². The minimum atomic E-state index is 0.0694. The third kappa shape index (κ3) is 8.91. The van der Waals surface area contributed by atoms with Crippen LogP contribution >= 0.6 is 0 Å². The van der Waals surface area contributed by atoms with Gasteiger partial charge in [0.2, 0.25) is 0 Å². The highest BCUT2D eigenvalue weighted by molar-refractivity contribution is 5.23. The van der Waals surface area contributed by atoms with Crippen LogP contribution in [0.3, 0.4) is 0 Å². The summed E-state index contributed by atoms with van der Waals surface area (Å²) in [5.41, 5.74) is 2.15. The van der Waals surface area contributed by atoms with E-state index in [0.29, 0.717) is 11.4 Å². The highest BCUT2D eigenvalue weighted by atomic mass is 16.5. The van der Waals surface area contributed by atoms with E-state index < -0.39 is 0 Å². The van der Waals surface area contributed by atoms with Crippen LogP contribution in [0.2, 0.25) is 0 Å². The van der Waals surface area contributed by atoms with Gasteiger partial charge in [0, 0.05) is 11.6 Å². The Morgan fingerprint density at radius 1 is 0.769 bits per heavy atom. The Morgan fingerprint density at radius 3 is 1.65 bits per heavy atom. The predicted octanol–water partition coefficient (Wildman–Crippen LogP) is 6.73. The standard InChI is InChI=1S/C23H41NO2/c1-4-5-6-7-8-9-10-11-12-13-14-15-16-17-18-22-21(3)24(26)20(2)19-23(22)25/h19,26H,4-18H2,1-3H3. The molecule has 0 unspecified atom stereocenters. The minimum absolute atomic E-state index is 0.0694. The van der Waals surface area contributed by atoms with Crippen molar-refractivity contribution >= 4 is 0 Å². The quantitative estimate of drug-likeness (QED) is 0.277. The number of unbranched alkanes of at least 4 members (excludes halogenated alkanes) is 13. The van der Waals surface area contributed by atoms with Crippen LogP contribution in [0, 0.1) is 13.8 Å². The maximum Gasteiger partial charge on any atom is 0.185 e. The van der Waals surface area contributed by atoms with Crippen molar-refractivity contribution in [2.24, 2.45) is 0 Å². The van der Waals surface area contributed by atoms with E-state index in [2.05, 4.69) is 6.92 Å². The largest absolute Gasteiger partial charge is 0.428 e. The van der Waals surface area contributed by atoms with Crippen molar-refractivity contribution in [1.29, 1.82) is 0 Å². The van der Waals surface area contributed by atoms with Gasteiger partial charge in [-0.2, -0.15) is 4.73 Å². The Morgan fingerprint density at radius 2 is 1.19 bits per heavy atom. The molecule has 0 saturated heterocycles. The van der Waals surface area contributed by atoms with E-state index in [0.717, 1.165) is 23.1 Å². The lowest BCUT2D eigenvalue weighted by molar-refractivity contribution is 0.169. The summed E-state index contributed by atoms with van der Waals surface area (Å²) in [6.45, 7) is 5.85. The molecule has 0 saturated carbocycles. The molecule has 3 nitrogen and oxygen atoms in total. The summed E-state index contributed by atoms with van der Waals surface area (Å²) >= 11 is 0. The molecule has 0 aliphatic rings. The lowest BCUT2D eigenvalue weighted by atomic mass is 10.0. The SMILES string of the molecule is CCCCCCCCCCCCCCCCc1c(C)n(O)c(C)cc1=O. The molecule has 1 aromatic rings. The number of aryl methyl sites for hydroxylation is 1. The van der Waals surface area contributed by atoms with E-state index in [4.69, 9.17) is 0 Å². The lowest BCUT2D eigenvalue weighted by Crippen LogP contribution is -2.18. The van der Waals surface area contributed by atoms with E-state index in [1.165, 1.54) is 89.5 Å². The zero-order chi connectivity index (χ0) is 19.2. The second-order valence-corrected chi connectivity index (χ2v) is 7.87. The van der Waals surface area contributed by atoms with E-state index in [9.17, 15) is 10.0 Å². The van der Waals surface area contributed by atoms with Crippen LogP contribution in [-0.4, -0.2) is 9.94 Å². The maximum atomic E-state index is 12.1. The van der Waals surface area contributed by atoms with Crippen LogP contribution in [0.15, 0.2) is 10.9 Å². The molecular formula is C23H41NO2. The Hall–Kier alpha value is -1.25. The molecule has 0 bridgehead atoms. The van der Waals surface area contributed by atoms with Gasteiger partial charge in [-0.15, -0.1) is 0 Å². The molecule has 3 heteroatoms. The van der Waals surface area contributed by atoms with Gasteiger partial charge in [0.25, 0.3) is 0 Å². The molecule has 1 heterocycles. The van der Waals surface area contributed by atoms with Gasteiger partial charge in [0.15, 0.2) is 5.43 Å². The highest BCUT2D eigenvalue weighted by Crippen LogP contribution is 2.14. The van der Waals surface area contributed by atoms with Gasteiger partial charge < -0.3 is 5.21 Å². The van der Waals surface area contributed by atoms with Gasteiger partial charge in [0.1, 0.15) is 0 Å². The number of nitrogens with zero attached hydrogens (tertiary/aromatic N) is 1. The summed E-state index contributed by atoms with van der Waals surface area (Å²) in [6.07, 6.45) is 19.5. The van der Waals surface area contributed by atoms with Crippen LogP contribution in [0.4, 0.5) is 0 Å². The Bertz CT molecular complexity index is 548. The molecule has 0 aliphatic heterocycles. The van der Waals surface area contributed by atoms with Gasteiger partial charge >= 0.3 is 0 Å². The van der Waals surface area contributed by atoms with Gasteiger partial charge in [-0.25, -0.2) is 0 Å². The monoisotopic (exact) mass is 363 g/mol. The van der Waals surface area contributed by atoms with Crippen molar-refractivity contribution in [3.05, 3.63) is 33.2 Å². The van der Waals surface area contributed by atoms with E-state index in [1.807, 2.05) is 6.92 Å². The molecule has 0 fully saturated rings. The number of aromatic nitrogens is 1. The third-order valence-electron chi connectivity index (χ3n) is 5.51. The summed E-state index contributed by atoms with van der Waals surface area (Å²) < 4.78 is 1.14. The van der Waals surface area contributed by atoms with Crippen LogP contribution in [0.1, 0.15) is 114 Å². The molecular weight excluding hydrogens is 322 g/mol. The maximum absolute atomic E-state index is 12.1. The summed E-state index contributed by atoms with van der Waals surface area (Å²) in [5, 5.41) is 9.90. The number of pyridine rings is 1. The summed E-state index contributed by atoms with van der Waals surface area (Å²) in [5.74, 6) is 0. The fraction of sp³-hybridized carbons (Fsp3) is 0.783. The first-order valence-electron chi connectivity index (χ1n) is 11.0. The number of rotatable bonds is 15. The first kappa shape index (κ1) is 22.8. The molecule has 0 amide bonds. The molecule has 0 spiro atoms. The molecule has 1 N–H and O–H groups in total. The van der Waals surface area contributed by atoms with Crippen molar-refractivity contribution in [2.45, 2.75) is 117 Å². The molecule has 0 aromatic carbocycles. The molecule has 0 atom stereocenters. The molecule has 150 valence electrons. The summed E-state index contributed by atoms with van der Waals surface area (Å²) in [6, 6.07) is 1.53. The average Bonchev–Trinajstić information content (AvgIpc) is 2.62. The Balaban J connectivity index is 1.99. The van der Waals surface area contributed by atoms with Crippen molar-refractivity contribution in [3.63, 3.8) is 0 Å². The topological polar surface area (TPSA) is 42.2 Å². The minimum Gasteiger partial charge on any atom is -0.428 e. The van der Waals surface area contributed by atoms with E-state index in [1.54, 1.807) is 6.92 Å². The molecule has 1 rings (SSSR count). The lowest BCUT2D eigenvalue weighted by Gasteiger charge is -2.11. The zero-order valence-corrected chi connectivity index (χ0v) is 17.5. The van der Waals surface area contributed by atoms with Gasteiger partial charge in [-0.3, -0.25) is 4.79 Å². The molecule has 0 radical (unpaired) electrons. The normalized spacial score (nSPS) is 11.2. The third-order valence-corrected chi connectivity index (χ3v) is 5.51.